The van der Waals surface area contributed by atoms with Gasteiger partial charge in [-0.3, -0.25) is 9.78 Å². The monoisotopic (exact) mass is 403 g/mol. The van der Waals surface area contributed by atoms with Crippen molar-refractivity contribution < 1.29 is 13.6 Å². The Bertz CT molecular complexity index is 1200. The van der Waals surface area contributed by atoms with Crippen molar-refractivity contribution in [3.05, 3.63) is 72.1 Å². The Labute approximate surface area is 171 Å². The third kappa shape index (κ3) is 3.52. The topological polar surface area (TPSA) is 85.0 Å². The molecule has 4 aromatic rings. The van der Waals surface area contributed by atoms with E-state index < -0.39 is 0 Å². The summed E-state index contributed by atoms with van der Waals surface area (Å²) in [6.07, 6.45) is 2.97. The summed E-state index contributed by atoms with van der Waals surface area (Å²) in [6.45, 7) is 1.15. The molecule has 0 aliphatic carbocycles. The lowest BCUT2D eigenvalue weighted by Crippen LogP contribution is -2.38. The first-order chi connectivity index (χ1) is 14.7. The molecule has 0 saturated carbocycles. The minimum absolute atomic E-state index is 0.0819. The number of likely N-dealkylation sites (tertiary alicyclic amines) is 1. The van der Waals surface area contributed by atoms with Gasteiger partial charge in [0, 0.05) is 24.6 Å². The van der Waals surface area contributed by atoms with Crippen molar-refractivity contribution in [2.24, 2.45) is 0 Å². The average Bonchev–Trinajstić information content (AvgIpc) is 3.29. The van der Waals surface area contributed by atoms with Crippen molar-refractivity contribution in [2.75, 3.05) is 13.1 Å². The van der Waals surface area contributed by atoms with Crippen LogP contribution in [0.1, 0.15) is 35.1 Å². The molecule has 2 aromatic heterocycles. The molecule has 0 bridgehead atoms. The number of para-hydroxylation sites is 2. The maximum absolute atomic E-state index is 13.1. The highest BCUT2D eigenvalue weighted by Crippen LogP contribution is 2.30. The van der Waals surface area contributed by atoms with Gasteiger partial charge in [0.05, 0.1) is 17.2 Å². The smallest absolute Gasteiger partial charge is 0.274 e. The lowest BCUT2D eigenvalue weighted by Gasteiger charge is -2.30. The summed E-state index contributed by atoms with van der Waals surface area (Å²) >= 11 is 0. The molecule has 0 unspecified atom stereocenters. The van der Waals surface area contributed by atoms with Gasteiger partial charge in [0.25, 0.3) is 5.91 Å². The molecule has 1 aliphatic heterocycles. The van der Waals surface area contributed by atoms with Gasteiger partial charge >= 0.3 is 0 Å². The van der Waals surface area contributed by atoms with Crippen molar-refractivity contribution in [3.63, 3.8) is 0 Å². The fourth-order valence-electron chi connectivity index (χ4n) is 3.66. The first kappa shape index (κ1) is 18.4. The second kappa shape index (κ2) is 7.62. The number of piperidine rings is 1. The average molecular weight is 403 g/mol. The van der Waals surface area contributed by atoms with E-state index in [0.717, 1.165) is 18.4 Å². The number of nitrogens with zero attached hydrogens (tertiary/aromatic N) is 5. The third-order valence-electron chi connectivity index (χ3n) is 5.33. The van der Waals surface area contributed by atoms with Gasteiger partial charge in [0.2, 0.25) is 11.8 Å². The highest BCUT2D eigenvalue weighted by atomic mass is 19.1. The number of carbonyl (C=O) groups is 1. The van der Waals surface area contributed by atoms with E-state index in [0.29, 0.717) is 41.6 Å². The summed E-state index contributed by atoms with van der Waals surface area (Å²) in [7, 11) is 0. The van der Waals surface area contributed by atoms with E-state index in [-0.39, 0.29) is 17.6 Å². The van der Waals surface area contributed by atoms with Crippen LogP contribution in [-0.4, -0.2) is 44.1 Å². The maximum atomic E-state index is 13.1. The minimum Gasteiger partial charge on any atom is -0.420 e. The van der Waals surface area contributed by atoms with E-state index in [1.165, 1.54) is 18.3 Å². The Hall–Kier alpha value is -3.68. The first-order valence-corrected chi connectivity index (χ1v) is 9.78. The van der Waals surface area contributed by atoms with E-state index in [9.17, 15) is 9.18 Å². The molecule has 0 spiro atoms. The van der Waals surface area contributed by atoms with Crippen LogP contribution in [0.4, 0.5) is 4.39 Å². The summed E-state index contributed by atoms with van der Waals surface area (Å²) in [5.74, 6) is 0.566. The third-order valence-corrected chi connectivity index (χ3v) is 5.33. The van der Waals surface area contributed by atoms with Gasteiger partial charge in [-0.15, -0.1) is 10.2 Å². The lowest BCUT2D eigenvalue weighted by atomic mass is 9.96. The quantitative estimate of drug-likeness (QED) is 0.517. The molecular weight excluding hydrogens is 385 g/mol. The predicted molar refractivity (Wildman–Crippen MR) is 107 cm³/mol. The molecule has 30 heavy (non-hydrogen) atoms. The zero-order valence-electron chi connectivity index (χ0n) is 16.0. The number of carbonyl (C=O) groups excluding carboxylic acids is 1. The van der Waals surface area contributed by atoms with Gasteiger partial charge < -0.3 is 9.32 Å². The first-order valence-electron chi connectivity index (χ1n) is 9.78. The van der Waals surface area contributed by atoms with Gasteiger partial charge in [-0.2, -0.15) is 0 Å². The van der Waals surface area contributed by atoms with Gasteiger partial charge in [-0.25, -0.2) is 9.37 Å². The lowest BCUT2D eigenvalue weighted by molar-refractivity contribution is 0.0700. The summed E-state index contributed by atoms with van der Waals surface area (Å²) < 4.78 is 18.9. The number of aromatic nitrogens is 4. The van der Waals surface area contributed by atoms with Gasteiger partial charge in [-0.05, 0) is 49.2 Å². The van der Waals surface area contributed by atoms with E-state index in [2.05, 4.69) is 20.2 Å². The van der Waals surface area contributed by atoms with Crippen LogP contribution in [0.2, 0.25) is 0 Å². The summed E-state index contributed by atoms with van der Waals surface area (Å²) in [5, 5.41) is 8.25. The molecule has 5 rings (SSSR count). The molecule has 0 N–H and O–H groups in total. The van der Waals surface area contributed by atoms with Gasteiger partial charge in [0.1, 0.15) is 11.5 Å². The number of benzene rings is 2. The van der Waals surface area contributed by atoms with Crippen molar-refractivity contribution in [2.45, 2.75) is 18.8 Å². The fraction of sp³-hybridized carbons (Fsp3) is 0.227. The summed E-state index contributed by atoms with van der Waals surface area (Å²) in [4.78, 5) is 23.4. The molecular formula is C22H18FN5O2. The zero-order valence-corrected chi connectivity index (χ0v) is 16.0. The Morgan fingerprint density at radius 2 is 1.73 bits per heavy atom. The number of rotatable bonds is 3. The molecule has 150 valence electrons. The Balaban J connectivity index is 1.26. The maximum Gasteiger partial charge on any atom is 0.274 e. The molecule has 0 radical (unpaired) electrons. The van der Waals surface area contributed by atoms with Crippen molar-refractivity contribution in [1.29, 1.82) is 0 Å². The molecule has 1 aliphatic rings. The standard InChI is InChI=1S/C22H18FN5O2/c23-16-7-5-14(6-8-16)20-26-27-21(30-20)15-9-11-28(12-10-15)22(29)19-13-24-17-3-1-2-4-18(17)25-19/h1-8,13,15H,9-12H2. The summed E-state index contributed by atoms with van der Waals surface area (Å²) in [5.41, 5.74) is 2.50. The predicted octanol–water partition coefficient (Wildman–Crippen LogP) is 3.84. The van der Waals surface area contributed by atoms with E-state index in [4.69, 9.17) is 4.42 Å². The molecule has 1 amide bonds. The number of amides is 1. The molecule has 1 fully saturated rings. The largest absolute Gasteiger partial charge is 0.420 e. The van der Waals surface area contributed by atoms with Crippen LogP contribution in [-0.2, 0) is 0 Å². The van der Waals surface area contributed by atoms with Crippen molar-refractivity contribution in [1.82, 2.24) is 25.1 Å². The molecule has 0 atom stereocenters. The summed E-state index contributed by atoms with van der Waals surface area (Å²) in [6, 6.07) is 13.4. The Morgan fingerprint density at radius 1 is 1.00 bits per heavy atom. The fourth-order valence-corrected chi connectivity index (χ4v) is 3.66. The number of halogens is 1. The molecule has 1 saturated heterocycles. The van der Waals surface area contributed by atoms with Crippen LogP contribution in [0.15, 0.2) is 59.1 Å². The van der Waals surface area contributed by atoms with E-state index in [1.54, 1.807) is 17.0 Å². The Morgan fingerprint density at radius 3 is 2.50 bits per heavy atom. The van der Waals surface area contributed by atoms with E-state index in [1.807, 2.05) is 24.3 Å². The van der Waals surface area contributed by atoms with Crippen LogP contribution in [0.3, 0.4) is 0 Å². The van der Waals surface area contributed by atoms with Crippen LogP contribution >= 0.6 is 0 Å². The Kier molecular flexibility index (Phi) is 4.66. The molecule has 2 aromatic carbocycles. The minimum atomic E-state index is -0.313. The van der Waals surface area contributed by atoms with Crippen molar-refractivity contribution >= 4 is 16.9 Å². The zero-order chi connectivity index (χ0) is 20.5. The molecule has 8 heteroatoms. The van der Waals surface area contributed by atoms with Gasteiger partial charge in [0.15, 0.2) is 0 Å². The van der Waals surface area contributed by atoms with Crippen LogP contribution in [0, 0.1) is 5.82 Å². The number of hydrogen-bond acceptors (Lipinski definition) is 6. The number of fused-ring (bicyclic) bond motifs is 1. The van der Waals surface area contributed by atoms with E-state index >= 15 is 0 Å². The molecule has 7 nitrogen and oxygen atoms in total. The normalized spacial score (nSPS) is 14.9. The number of hydrogen-bond donors (Lipinski definition) is 0. The SMILES string of the molecule is O=C(c1cnc2ccccc2n1)N1CCC(c2nnc(-c3ccc(F)cc3)o2)CC1. The van der Waals surface area contributed by atoms with Crippen LogP contribution in [0.25, 0.3) is 22.5 Å². The molecule has 3 heterocycles. The highest BCUT2D eigenvalue weighted by molar-refractivity contribution is 5.93. The van der Waals surface area contributed by atoms with Gasteiger partial charge in [-0.1, -0.05) is 12.1 Å². The van der Waals surface area contributed by atoms with Crippen LogP contribution < -0.4 is 0 Å². The van der Waals surface area contributed by atoms with Crippen molar-refractivity contribution in [3.8, 4) is 11.5 Å². The second-order valence-corrected chi connectivity index (χ2v) is 7.26. The highest BCUT2D eigenvalue weighted by Gasteiger charge is 2.28. The second-order valence-electron chi connectivity index (χ2n) is 7.26. The van der Waals surface area contributed by atoms with Crippen LogP contribution in [0.5, 0.6) is 0 Å².